The fourth-order valence-electron chi connectivity index (χ4n) is 12.7. The molecule has 7 rings (SSSR count). The normalized spacial score (nSPS) is 22.3. The highest BCUT2D eigenvalue weighted by Gasteiger charge is 2.45. The Kier molecular flexibility index (Phi) is 33.9. The molecule has 35 heteroatoms. The van der Waals surface area contributed by atoms with Gasteiger partial charge < -0.3 is 77.7 Å². The van der Waals surface area contributed by atoms with Gasteiger partial charge in [-0.25, -0.2) is 4.79 Å². The van der Waals surface area contributed by atoms with Crippen LogP contribution in [0.3, 0.4) is 0 Å². The van der Waals surface area contributed by atoms with E-state index in [9.17, 15) is 87.9 Å². The van der Waals surface area contributed by atoms with Crippen molar-refractivity contribution < 1.29 is 92.6 Å². The first kappa shape index (κ1) is 83.7. The third kappa shape index (κ3) is 27.7. The number of pyridine rings is 1. The number of aliphatic hydroxyl groups is 1. The van der Waals surface area contributed by atoms with Crippen LogP contribution >= 0.6 is 35.3 Å². The molecule has 0 radical (unpaired) electrons. The third-order valence-electron chi connectivity index (χ3n) is 17.9. The highest BCUT2D eigenvalue weighted by Crippen LogP contribution is 2.29. The molecular formula is C70H97N13O19S3. The molecule has 8 atom stereocenters. The van der Waals surface area contributed by atoms with Gasteiger partial charge in [0.15, 0.2) is 6.61 Å². The highest BCUT2D eigenvalue weighted by molar-refractivity contribution is 7.99. The summed E-state index contributed by atoms with van der Waals surface area (Å²) in [7, 11) is 0. The lowest BCUT2D eigenvalue weighted by Crippen LogP contribution is -2.61. The topological polar surface area (TPSA) is 460 Å². The number of nitrogens with zero attached hydrogens (tertiary/aromatic N) is 6. The van der Waals surface area contributed by atoms with E-state index in [4.69, 9.17) is 15.5 Å². The molecule has 105 heavy (non-hydrogen) atoms. The number of thioether (sulfide) groups is 3. The summed E-state index contributed by atoms with van der Waals surface area (Å²) < 4.78 is 5.99. The van der Waals surface area contributed by atoms with E-state index in [2.05, 4.69) is 31.9 Å². The van der Waals surface area contributed by atoms with Crippen molar-refractivity contribution in [1.29, 1.82) is 0 Å². The van der Waals surface area contributed by atoms with Crippen LogP contribution in [-0.4, -0.2) is 270 Å². The van der Waals surface area contributed by atoms with Gasteiger partial charge in [-0.3, -0.25) is 77.2 Å². The molecule has 3 aromatic rings. The number of fused-ring (bicyclic) bond motifs is 6. The van der Waals surface area contributed by atoms with Gasteiger partial charge in [0.1, 0.15) is 48.0 Å². The van der Waals surface area contributed by atoms with Gasteiger partial charge in [-0.1, -0.05) is 68.3 Å². The maximum absolute atomic E-state index is 14.9. The quantitative estimate of drug-likeness (QED) is 0.0475. The fourth-order valence-corrected chi connectivity index (χ4v) is 15.4. The number of carboxylic acids is 4. The van der Waals surface area contributed by atoms with Gasteiger partial charge in [-0.15, -0.1) is 0 Å². The fraction of sp³-hybridized carbons (Fsp3) is 0.571. The minimum atomic E-state index is -1.72. The number of aliphatic hydroxyl groups excluding tert-OH is 1. The zero-order valence-electron chi connectivity index (χ0n) is 59.0. The molecule has 4 aliphatic rings. The minimum absolute atomic E-state index is 0.0566. The Bertz CT molecular complexity index is 3540. The Labute approximate surface area is 621 Å². The molecule has 4 aliphatic heterocycles. The van der Waals surface area contributed by atoms with E-state index in [0.717, 1.165) is 29.5 Å². The summed E-state index contributed by atoms with van der Waals surface area (Å²) in [4.78, 5) is 187. The van der Waals surface area contributed by atoms with Crippen LogP contribution < -0.4 is 42.4 Å². The number of benzene rings is 2. The number of carbonyl (C=O) groups excluding carboxylic acids is 9. The average molecular weight is 1520 g/mol. The zero-order chi connectivity index (χ0) is 76.1. The summed E-state index contributed by atoms with van der Waals surface area (Å²) >= 11 is 4.05. The number of unbranched alkanes of at least 4 members (excludes halogenated alkanes) is 2. The number of rotatable bonds is 26. The Morgan fingerprint density at radius 2 is 1.28 bits per heavy atom. The molecular weight excluding hydrogens is 1420 g/mol. The number of carbonyl (C=O) groups is 13. The van der Waals surface area contributed by atoms with Gasteiger partial charge in [0.2, 0.25) is 47.3 Å². The summed E-state index contributed by atoms with van der Waals surface area (Å²) in [6.07, 6.45) is 1.01. The summed E-state index contributed by atoms with van der Waals surface area (Å²) in [6, 6.07) is 8.00. The maximum Gasteiger partial charge on any atom is 0.327 e. The monoisotopic (exact) mass is 1520 g/mol. The number of primary amides is 1. The van der Waals surface area contributed by atoms with Gasteiger partial charge in [0, 0.05) is 113 Å². The van der Waals surface area contributed by atoms with E-state index >= 15 is 0 Å². The molecule has 13 N–H and O–H groups in total. The minimum Gasteiger partial charge on any atom is -0.482 e. The van der Waals surface area contributed by atoms with Crippen molar-refractivity contribution in [2.24, 2.45) is 5.73 Å². The second-order valence-corrected chi connectivity index (χ2v) is 29.6. The first-order chi connectivity index (χ1) is 50.2. The molecule has 1 unspecified atom stereocenters. The largest absolute Gasteiger partial charge is 0.482 e. The van der Waals surface area contributed by atoms with Gasteiger partial charge in [-0.2, -0.15) is 35.3 Å². The van der Waals surface area contributed by atoms with E-state index in [-0.39, 0.29) is 132 Å². The van der Waals surface area contributed by atoms with Crippen molar-refractivity contribution in [1.82, 2.24) is 61.4 Å². The molecule has 0 aliphatic carbocycles. The van der Waals surface area contributed by atoms with Crippen LogP contribution in [0.25, 0.3) is 0 Å². The molecule has 1 aromatic heterocycles. The molecule has 32 nitrogen and oxygen atoms in total. The number of hydrogen-bond donors (Lipinski definition) is 12. The van der Waals surface area contributed by atoms with Crippen LogP contribution in [0.1, 0.15) is 112 Å². The van der Waals surface area contributed by atoms with Crippen LogP contribution in [-0.2, 0) is 99.1 Å². The first-order valence-corrected chi connectivity index (χ1v) is 38.6. The lowest BCUT2D eigenvalue weighted by molar-refractivity contribution is -0.148. The number of carboxylic acid groups (broad SMARTS) is 4. The molecule has 9 amide bonds. The van der Waals surface area contributed by atoms with Crippen molar-refractivity contribution in [3.05, 3.63) is 94.3 Å². The second kappa shape index (κ2) is 42.5. The molecule has 574 valence electrons. The van der Waals surface area contributed by atoms with E-state index in [1.807, 2.05) is 25.1 Å². The van der Waals surface area contributed by atoms with Crippen LogP contribution in [0.2, 0.25) is 0 Å². The van der Waals surface area contributed by atoms with Crippen molar-refractivity contribution >= 4 is 112 Å². The predicted octanol–water partition coefficient (Wildman–Crippen LogP) is 0.123. The van der Waals surface area contributed by atoms with Crippen molar-refractivity contribution in [3.8, 4) is 5.75 Å². The molecule has 2 saturated heterocycles. The molecule has 2 aromatic carbocycles. The number of nitrogens with two attached hydrogens (primary N) is 1. The van der Waals surface area contributed by atoms with Gasteiger partial charge in [0.05, 0.1) is 37.1 Å². The Hall–Kier alpha value is -8.61. The smallest absolute Gasteiger partial charge is 0.327 e. The Morgan fingerprint density at radius 1 is 0.667 bits per heavy atom. The molecule has 0 spiro atoms. The number of amides is 9. The van der Waals surface area contributed by atoms with Gasteiger partial charge >= 0.3 is 23.9 Å². The van der Waals surface area contributed by atoms with E-state index in [1.165, 1.54) is 52.0 Å². The van der Waals surface area contributed by atoms with Crippen molar-refractivity contribution in [2.45, 2.75) is 163 Å². The predicted molar refractivity (Wildman–Crippen MR) is 389 cm³/mol. The van der Waals surface area contributed by atoms with Crippen LogP contribution in [0.5, 0.6) is 5.75 Å². The molecule has 2 fully saturated rings. The highest BCUT2D eigenvalue weighted by atomic mass is 32.2. The molecule has 5 heterocycles. The number of hydrogen-bond acceptors (Lipinski definition) is 22. The van der Waals surface area contributed by atoms with Gasteiger partial charge in [0.25, 0.3) is 5.91 Å². The first-order valence-electron chi connectivity index (χ1n) is 35.1. The molecule has 0 saturated carbocycles. The Balaban J connectivity index is 1.12. The SMILES string of the molecule is CCCCCC(=O)N[C@H]1CSCc2cc(CSCCNC(=O)COc3ccc4nc3CN(CC(=O)O)CCN(CC(=O)O)CCN(CC(=O)O)C4)cc(c2)CSCC(C(=O)O)NC(=O)[C@H](Cc2ccccc2)NC(=O)[C@H](CCC(N)=O)NC(=O)[C@H]([C@@H](C)O)NC(=O)[C@@H]2CCCN2C(=O)[C@@H]2CCCN2C1=O. The summed E-state index contributed by atoms with van der Waals surface area (Å²) in [5.74, 6) is -9.68. The van der Waals surface area contributed by atoms with E-state index < -0.39 is 146 Å². The van der Waals surface area contributed by atoms with Gasteiger partial charge in [-0.05, 0) is 79.8 Å². The maximum atomic E-state index is 14.9. The van der Waals surface area contributed by atoms with Crippen molar-refractivity contribution in [2.75, 3.05) is 89.3 Å². The number of nitrogens with one attached hydrogen (secondary N) is 6. The summed E-state index contributed by atoms with van der Waals surface area (Å²) in [6.45, 7) is 2.79. The molecule has 4 bridgehead atoms. The summed E-state index contributed by atoms with van der Waals surface area (Å²) in [5, 5.41) is 66.7. The van der Waals surface area contributed by atoms with E-state index in [0.29, 0.717) is 47.8 Å². The van der Waals surface area contributed by atoms with E-state index in [1.54, 1.807) is 57.2 Å². The third-order valence-corrected chi connectivity index (χ3v) is 21.2. The van der Waals surface area contributed by atoms with Crippen LogP contribution in [0.15, 0.2) is 60.7 Å². The van der Waals surface area contributed by atoms with Crippen LogP contribution in [0, 0.1) is 0 Å². The number of aromatic nitrogens is 1. The Morgan fingerprint density at radius 3 is 1.91 bits per heavy atom. The number of ether oxygens (including phenoxy) is 1. The lowest BCUT2D eigenvalue weighted by Gasteiger charge is -2.33. The standard InChI is InChI=1S/C70H97N13O19S3/c1-3-4-6-15-58(86)74-52-41-104-39-46-28-45(38-103-27-20-72-59(87)37-102-56-18-16-48-32-80(35-61(90)91)25-23-79(34-60(88)89)24-26-81(36-62(92)93)33-51(56)73-48)29-47(30-46)40-105-42-53(70(100)101)77-65(95)50(31-44-11-7-5-8-12-44)76-64(94)49(17-19-57(71)85)75-67(97)63(43(2)84)78-66(96)54-13-9-21-82(54)69(99)55-14-10-22-83(55)68(52)98/h5,7-8,11-12,16,18,28-30,43,49-50,52-55,63,84H,3-4,6,9-10,13-15,17,19-27,31-42H2,1-2H3,(H2,71,85)(H,72,87)(H,74,86)(H,75,97)(H,76,94)(H,77,95)(H,78,96)(H,88,89)(H,90,91)(H,92,93)(H,100,101)/t43-,49+,50+,52+,53?,54+,55+,63+/m1/s1. The lowest BCUT2D eigenvalue weighted by atomic mass is 10.0. The van der Waals surface area contributed by atoms with Crippen molar-refractivity contribution in [3.63, 3.8) is 0 Å². The summed E-state index contributed by atoms with van der Waals surface area (Å²) in [5.41, 5.74) is 9.20. The second-order valence-electron chi connectivity index (χ2n) is 26.4. The average Bonchev–Trinajstić information content (AvgIpc) is 1.79. The zero-order valence-corrected chi connectivity index (χ0v) is 61.5. The number of aliphatic carboxylic acids is 4. The van der Waals surface area contributed by atoms with Crippen LogP contribution in [0.4, 0.5) is 0 Å².